The lowest BCUT2D eigenvalue weighted by Crippen LogP contribution is -2.36. The minimum atomic E-state index is -3.60. The number of hydrogen-bond acceptors (Lipinski definition) is 5. The summed E-state index contributed by atoms with van der Waals surface area (Å²) in [6, 6.07) is 10.9. The van der Waals surface area contributed by atoms with Crippen molar-refractivity contribution in [1.29, 1.82) is 0 Å². The van der Waals surface area contributed by atoms with Crippen LogP contribution in [-0.2, 0) is 14.8 Å². The molecule has 2 aromatic rings. The Labute approximate surface area is 176 Å². The van der Waals surface area contributed by atoms with Gasteiger partial charge in [-0.25, -0.2) is 8.42 Å². The number of ether oxygens (including phenoxy) is 1. The van der Waals surface area contributed by atoms with Gasteiger partial charge in [0.15, 0.2) is 6.61 Å². The summed E-state index contributed by atoms with van der Waals surface area (Å²) >= 11 is 0. The van der Waals surface area contributed by atoms with Crippen LogP contribution in [0.25, 0.3) is 0 Å². The van der Waals surface area contributed by atoms with Crippen molar-refractivity contribution in [3.05, 3.63) is 53.6 Å². The average molecular weight is 432 g/mol. The lowest BCUT2D eigenvalue weighted by Gasteiger charge is -2.26. The normalized spacial score (nSPS) is 14.8. The van der Waals surface area contributed by atoms with Crippen molar-refractivity contribution < 1.29 is 22.7 Å². The van der Waals surface area contributed by atoms with Crippen LogP contribution in [0.3, 0.4) is 0 Å². The van der Waals surface area contributed by atoms with Gasteiger partial charge in [-0.05, 0) is 61.7 Å². The fourth-order valence-corrected chi connectivity index (χ4v) is 5.03. The van der Waals surface area contributed by atoms with Gasteiger partial charge in [0.25, 0.3) is 5.91 Å². The molecule has 0 bridgehead atoms. The molecule has 3 N–H and O–H groups in total. The van der Waals surface area contributed by atoms with Crippen molar-refractivity contribution in [2.24, 2.45) is 5.73 Å². The lowest BCUT2D eigenvalue weighted by molar-refractivity contribution is -0.118. The number of carbonyl (C=O) groups excluding carboxylic acids is 2. The maximum absolute atomic E-state index is 13.0. The minimum Gasteiger partial charge on any atom is -0.484 e. The molecule has 0 saturated carbocycles. The predicted octanol–water partition coefficient (Wildman–Crippen LogP) is 2.29. The molecule has 1 aliphatic rings. The Morgan fingerprint density at radius 3 is 2.37 bits per heavy atom. The number of nitrogens with zero attached hydrogens (tertiary/aromatic N) is 1. The van der Waals surface area contributed by atoms with E-state index in [9.17, 15) is 18.0 Å². The molecule has 0 aliphatic carbocycles. The highest BCUT2D eigenvalue weighted by Crippen LogP contribution is 2.26. The van der Waals surface area contributed by atoms with Gasteiger partial charge in [0.1, 0.15) is 5.75 Å². The van der Waals surface area contributed by atoms with Crippen molar-refractivity contribution >= 4 is 27.5 Å². The number of rotatable bonds is 7. The van der Waals surface area contributed by atoms with Gasteiger partial charge in [0, 0.05) is 24.3 Å². The maximum Gasteiger partial charge on any atom is 0.262 e. The standard InChI is InChI=1S/C21H25N3O5S/c1-15-5-8-17(13-19(15)30(27,28)24-11-3-2-4-12-24)23-20(25)14-29-18-9-6-16(7-10-18)21(22)26/h5-10,13H,2-4,11-12,14H2,1H3,(H2,22,26)(H,23,25). The molecule has 0 unspecified atom stereocenters. The first-order valence-electron chi connectivity index (χ1n) is 9.71. The third-order valence-electron chi connectivity index (χ3n) is 4.91. The molecule has 160 valence electrons. The predicted molar refractivity (Wildman–Crippen MR) is 113 cm³/mol. The molecule has 1 fully saturated rings. The molecular weight excluding hydrogens is 406 g/mol. The summed E-state index contributed by atoms with van der Waals surface area (Å²) in [5.74, 6) is -0.569. The highest BCUT2D eigenvalue weighted by molar-refractivity contribution is 7.89. The van der Waals surface area contributed by atoms with Crippen molar-refractivity contribution in [2.75, 3.05) is 25.0 Å². The average Bonchev–Trinajstić information content (AvgIpc) is 2.74. The summed E-state index contributed by atoms with van der Waals surface area (Å²) in [6.07, 6.45) is 2.74. The molecule has 2 aromatic carbocycles. The number of nitrogens with two attached hydrogens (primary N) is 1. The van der Waals surface area contributed by atoms with Crippen LogP contribution in [-0.4, -0.2) is 44.2 Å². The van der Waals surface area contributed by atoms with Crippen molar-refractivity contribution in [1.82, 2.24) is 4.31 Å². The lowest BCUT2D eigenvalue weighted by atomic mass is 10.2. The first-order valence-corrected chi connectivity index (χ1v) is 11.1. The van der Waals surface area contributed by atoms with E-state index in [1.807, 2.05) is 0 Å². The number of piperidine rings is 1. The van der Waals surface area contributed by atoms with E-state index in [1.165, 1.54) is 22.5 Å². The van der Waals surface area contributed by atoms with E-state index in [0.29, 0.717) is 35.7 Å². The molecule has 0 radical (unpaired) electrons. The van der Waals surface area contributed by atoms with Crippen LogP contribution in [0.4, 0.5) is 5.69 Å². The summed E-state index contributed by atoms with van der Waals surface area (Å²) in [5.41, 5.74) is 6.54. The van der Waals surface area contributed by atoms with Gasteiger partial charge >= 0.3 is 0 Å². The fraction of sp³-hybridized carbons (Fsp3) is 0.333. The molecule has 3 rings (SSSR count). The number of primary amides is 1. The van der Waals surface area contributed by atoms with Gasteiger partial charge in [-0.1, -0.05) is 12.5 Å². The molecule has 8 nitrogen and oxygen atoms in total. The van der Waals surface area contributed by atoms with E-state index in [4.69, 9.17) is 10.5 Å². The van der Waals surface area contributed by atoms with Crippen molar-refractivity contribution in [3.8, 4) is 5.75 Å². The Bertz CT molecular complexity index is 1030. The zero-order chi connectivity index (χ0) is 21.7. The van der Waals surface area contributed by atoms with Crippen molar-refractivity contribution in [3.63, 3.8) is 0 Å². The number of anilines is 1. The molecule has 0 atom stereocenters. The zero-order valence-corrected chi connectivity index (χ0v) is 17.6. The summed E-state index contributed by atoms with van der Waals surface area (Å²) in [5, 5.41) is 2.66. The van der Waals surface area contributed by atoms with E-state index < -0.39 is 21.8 Å². The Morgan fingerprint density at radius 1 is 1.07 bits per heavy atom. The third kappa shape index (κ3) is 5.17. The second-order valence-electron chi connectivity index (χ2n) is 7.17. The van der Waals surface area contributed by atoms with Crippen LogP contribution in [0.5, 0.6) is 5.75 Å². The van der Waals surface area contributed by atoms with Crippen LogP contribution < -0.4 is 15.8 Å². The van der Waals surface area contributed by atoms with Crippen molar-refractivity contribution in [2.45, 2.75) is 31.1 Å². The molecule has 0 spiro atoms. The molecular formula is C21H25N3O5S. The summed E-state index contributed by atoms with van der Waals surface area (Å²) in [7, 11) is -3.60. The number of benzene rings is 2. The molecule has 9 heteroatoms. The van der Waals surface area contributed by atoms with E-state index >= 15 is 0 Å². The second-order valence-corrected chi connectivity index (χ2v) is 9.08. The quantitative estimate of drug-likeness (QED) is 0.697. The number of hydrogen-bond donors (Lipinski definition) is 2. The monoisotopic (exact) mass is 431 g/mol. The fourth-order valence-electron chi connectivity index (χ4n) is 3.26. The highest BCUT2D eigenvalue weighted by atomic mass is 32.2. The van der Waals surface area contributed by atoms with Crippen LogP contribution in [0, 0.1) is 6.92 Å². The molecule has 0 aromatic heterocycles. The smallest absolute Gasteiger partial charge is 0.262 e. The van der Waals surface area contributed by atoms with Crippen LogP contribution >= 0.6 is 0 Å². The topological polar surface area (TPSA) is 119 Å². The van der Waals surface area contributed by atoms with Crippen LogP contribution in [0.2, 0.25) is 0 Å². The van der Waals surface area contributed by atoms with Gasteiger partial charge in [-0.15, -0.1) is 0 Å². The number of aryl methyl sites for hydroxylation is 1. The third-order valence-corrected chi connectivity index (χ3v) is 6.95. The van der Waals surface area contributed by atoms with Gasteiger partial charge in [-0.2, -0.15) is 4.31 Å². The van der Waals surface area contributed by atoms with E-state index in [2.05, 4.69) is 5.32 Å². The summed E-state index contributed by atoms with van der Waals surface area (Å²) < 4.78 is 32.9. The van der Waals surface area contributed by atoms with Crippen LogP contribution in [0.1, 0.15) is 35.2 Å². The number of sulfonamides is 1. The second kappa shape index (κ2) is 9.27. The van der Waals surface area contributed by atoms with Crippen LogP contribution in [0.15, 0.2) is 47.4 Å². The molecule has 1 heterocycles. The summed E-state index contributed by atoms with van der Waals surface area (Å²) in [6.45, 7) is 2.50. The zero-order valence-electron chi connectivity index (χ0n) is 16.8. The van der Waals surface area contributed by atoms with E-state index in [-0.39, 0.29) is 11.5 Å². The van der Waals surface area contributed by atoms with E-state index in [0.717, 1.165) is 19.3 Å². The Balaban J connectivity index is 1.65. The van der Waals surface area contributed by atoms with Gasteiger partial charge < -0.3 is 15.8 Å². The Kier molecular flexibility index (Phi) is 6.73. The van der Waals surface area contributed by atoms with Gasteiger partial charge in [0.05, 0.1) is 4.90 Å². The molecule has 2 amide bonds. The van der Waals surface area contributed by atoms with Gasteiger partial charge in [0.2, 0.25) is 15.9 Å². The highest BCUT2D eigenvalue weighted by Gasteiger charge is 2.27. The van der Waals surface area contributed by atoms with Gasteiger partial charge in [-0.3, -0.25) is 9.59 Å². The number of nitrogens with one attached hydrogen (secondary N) is 1. The summed E-state index contributed by atoms with van der Waals surface area (Å²) in [4.78, 5) is 23.5. The SMILES string of the molecule is Cc1ccc(NC(=O)COc2ccc(C(N)=O)cc2)cc1S(=O)(=O)N1CCCCC1. The molecule has 30 heavy (non-hydrogen) atoms. The minimum absolute atomic E-state index is 0.199. The first kappa shape index (κ1) is 21.8. The number of carbonyl (C=O) groups is 2. The Hall–Kier alpha value is -2.91. The first-order chi connectivity index (χ1) is 14.3. The molecule has 1 aliphatic heterocycles. The maximum atomic E-state index is 13.0. The number of amides is 2. The Morgan fingerprint density at radius 2 is 1.73 bits per heavy atom. The van der Waals surface area contributed by atoms with E-state index in [1.54, 1.807) is 31.2 Å². The molecule has 1 saturated heterocycles. The largest absolute Gasteiger partial charge is 0.484 e.